The standard InChI is InChI=1S/C13H16O3/c1-10(13(2,3)12(14)15-4)16-11-8-6-5-7-9-11/h5-9H,1H2,2-4H3. The normalized spacial score (nSPS) is 10.7. The number of esters is 1. The predicted octanol–water partition coefficient (Wildman–Crippen LogP) is 2.78. The highest BCUT2D eigenvalue weighted by atomic mass is 16.5. The molecule has 0 bridgehead atoms. The summed E-state index contributed by atoms with van der Waals surface area (Å²) >= 11 is 0. The van der Waals surface area contributed by atoms with Crippen molar-refractivity contribution in [1.29, 1.82) is 0 Å². The van der Waals surface area contributed by atoms with Crippen molar-refractivity contribution in [2.24, 2.45) is 5.41 Å². The molecule has 0 aliphatic rings. The van der Waals surface area contributed by atoms with Gasteiger partial charge >= 0.3 is 5.97 Å². The zero-order valence-corrected chi connectivity index (χ0v) is 9.82. The first-order valence-electron chi connectivity index (χ1n) is 4.99. The Morgan fingerprint density at radius 1 is 1.25 bits per heavy atom. The molecule has 0 saturated heterocycles. The second-order valence-corrected chi connectivity index (χ2v) is 3.95. The van der Waals surface area contributed by atoms with Gasteiger partial charge in [0.1, 0.15) is 16.9 Å². The van der Waals surface area contributed by atoms with E-state index in [9.17, 15) is 4.79 Å². The minimum atomic E-state index is -0.857. The molecule has 0 amide bonds. The van der Waals surface area contributed by atoms with Crippen LogP contribution in [-0.4, -0.2) is 13.1 Å². The van der Waals surface area contributed by atoms with Crippen LogP contribution in [-0.2, 0) is 9.53 Å². The summed E-state index contributed by atoms with van der Waals surface area (Å²) in [6.07, 6.45) is 0. The third-order valence-electron chi connectivity index (χ3n) is 2.38. The lowest BCUT2D eigenvalue weighted by molar-refractivity contribution is -0.149. The van der Waals surface area contributed by atoms with Gasteiger partial charge in [-0.15, -0.1) is 0 Å². The van der Waals surface area contributed by atoms with E-state index in [0.29, 0.717) is 11.5 Å². The third-order valence-corrected chi connectivity index (χ3v) is 2.38. The van der Waals surface area contributed by atoms with Crippen LogP contribution in [0.5, 0.6) is 5.75 Å². The van der Waals surface area contributed by atoms with E-state index in [1.165, 1.54) is 7.11 Å². The molecule has 0 heterocycles. The van der Waals surface area contributed by atoms with E-state index in [-0.39, 0.29) is 5.97 Å². The van der Waals surface area contributed by atoms with E-state index in [1.807, 2.05) is 18.2 Å². The van der Waals surface area contributed by atoms with Gasteiger partial charge in [0.05, 0.1) is 7.11 Å². The Morgan fingerprint density at radius 3 is 2.31 bits per heavy atom. The maximum Gasteiger partial charge on any atom is 0.318 e. The number of hydrogen-bond acceptors (Lipinski definition) is 3. The highest BCUT2D eigenvalue weighted by Crippen LogP contribution is 2.28. The first-order chi connectivity index (χ1) is 7.48. The molecule has 1 aromatic carbocycles. The first-order valence-corrected chi connectivity index (χ1v) is 4.99. The van der Waals surface area contributed by atoms with E-state index >= 15 is 0 Å². The summed E-state index contributed by atoms with van der Waals surface area (Å²) in [7, 11) is 1.35. The molecule has 16 heavy (non-hydrogen) atoms. The number of methoxy groups -OCH3 is 1. The van der Waals surface area contributed by atoms with Gasteiger partial charge in [0, 0.05) is 0 Å². The van der Waals surface area contributed by atoms with Crippen molar-refractivity contribution < 1.29 is 14.3 Å². The van der Waals surface area contributed by atoms with Crippen LogP contribution in [0.4, 0.5) is 0 Å². The number of hydrogen-bond donors (Lipinski definition) is 0. The van der Waals surface area contributed by atoms with Crippen LogP contribution >= 0.6 is 0 Å². The number of carbonyl (C=O) groups excluding carboxylic acids is 1. The highest BCUT2D eigenvalue weighted by molar-refractivity contribution is 5.78. The summed E-state index contributed by atoms with van der Waals surface area (Å²) in [4.78, 5) is 11.5. The summed E-state index contributed by atoms with van der Waals surface area (Å²) in [6.45, 7) is 7.19. The van der Waals surface area contributed by atoms with E-state index in [4.69, 9.17) is 9.47 Å². The van der Waals surface area contributed by atoms with Crippen LogP contribution in [0.15, 0.2) is 42.7 Å². The minimum Gasteiger partial charge on any atom is -0.468 e. The van der Waals surface area contributed by atoms with Crippen molar-refractivity contribution in [1.82, 2.24) is 0 Å². The Balaban J connectivity index is 2.76. The van der Waals surface area contributed by atoms with E-state index < -0.39 is 5.41 Å². The average Bonchev–Trinajstić information content (AvgIpc) is 2.29. The lowest BCUT2D eigenvalue weighted by atomic mass is 9.92. The average molecular weight is 220 g/mol. The predicted molar refractivity (Wildman–Crippen MR) is 62.0 cm³/mol. The molecule has 0 aromatic heterocycles. The highest BCUT2D eigenvalue weighted by Gasteiger charge is 2.34. The Hall–Kier alpha value is -1.77. The fourth-order valence-corrected chi connectivity index (χ4v) is 1.13. The molecule has 0 aliphatic carbocycles. The summed E-state index contributed by atoms with van der Waals surface area (Å²) in [6, 6.07) is 9.21. The van der Waals surface area contributed by atoms with E-state index in [1.54, 1.807) is 26.0 Å². The summed E-state index contributed by atoms with van der Waals surface area (Å²) in [5.74, 6) is 0.656. The Kier molecular flexibility index (Phi) is 3.72. The van der Waals surface area contributed by atoms with Gasteiger partial charge in [-0.1, -0.05) is 24.8 Å². The Labute approximate surface area is 95.7 Å². The number of benzene rings is 1. The second-order valence-electron chi connectivity index (χ2n) is 3.95. The monoisotopic (exact) mass is 220 g/mol. The fourth-order valence-electron chi connectivity index (χ4n) is 1.13. The zero-order valence-electron chi connectivity index (χ0n) is 9.82. The topological polar surface area (TPSA) is 35.5 Å². The largest absolute Gasteiger partial charge is 0.468 e. The van der Waals surface area contributed by atoms with Crippen LogP contribution < -0.4 is 4.74 Å². The number of rotatable bonds is 4. The Bertz CT molecular complexity index is 379. The molecular weight excluding hydrogens is 204 g/mol. The van der Waals surface area contributed by atoms with Crippen molar-refractivity contribution in [3.63, 3.8) is 0 Å². The molecule has 0 atom stereocenters. The maximum absolute atomic E-state index is 11.5. The zero-order chi connectivity index (χ0) is 12.2. The van der Waals surface area contributed by atoms with E-state index in [2.05, 4.69) is 6.58 Å². The van der Waals surface area contributed by atoms with E-state index in [0.717, 1.165) is 0 Å². The van der Waals surface area contributed by atoms with Gasteiger partial charge in [0.2, 0.25) is 0 Å². The fraction of sp³-hybridized carbons (Fsp3) is 0.308. The smallest absolute Gasteiger partial charge is 0.318 e. The molecule has 0 fully saturated rings. The molecule has 0 N–H and O–H groups in total. The lowest BCUT2D eigenvalue weighted by Crippen LogP contribution is -2.29. The van der Waals surface area contributed by atoms with Gasteiger partial charge in [-0.25, -0.2) is 0 Å². The molecule has 0 aliphatic heterocycles. The molecular formula is C13H16O3. The van der Waals surface area contributed by atoms with Gasteiger partial charge in [0.25, 0.3) is 0 Å². The van der Waals surface area contributed by atoms with Gasteiger partial charge in [-0.2, -0.15) is 0 Å². The SMILES string of the molecule is C=C(Oc1ccccc1)C(C)(C)C(=O)OC. The summed E-state index contributed by atoms with van der Waals surface area (Å²) in [5, 5.41) is 0. The molecule has 0 unspecified atom stereocenters. The van der Waals surface area contributed by atoms with Gasteiger partial charge < -0.3 is 9.47 Å². The number of para-hydroxylation sites is 1. The molecule has 3 heteroatoms. The summed E-state index contributed by atoms with van der Waals surface area (Å²) in [5.41, 5.74) is -0.857. The van der Waals surface area contributed by atoms with Crippen molar-refractivity contribution in [2.45, 2.75) is 13.8 Å². The van der Waals surface area contributed by atoms with Crippen molar-refractivity contribution in [3.8, 4) is 5.75 Å². The maximum atomic E-state index is 11.5. The van der Waals surface area contributed by atoms with Crippen molar-refractivity contribution in [2.75, 3.05) is 7.11 Å². The molecule has 0 radical (unpaired) electrons. The number of carbonyl (C=O) groups is 1. The van der Waals surface area contributed by atoms with Crippen molar-refractivity contribution >= 4 is 5.97 Å². The van der Waals surface area contributed by atoms with Crippen LogP contribution in [0.2, 0.25) is 0 Å². The molecule has 0 spiro atoms. The Morgan fingerprint density at radius 2 is 1.81 bits per heavy atom. The molecule has 1 aromatic rings. The molecule has 3 nitrogen and oxygen atoms in total. The number of ether oxygens (including phenoxy) is 2. The third kappa shape index (κ3) is 2.63. The molecule has 0 saturated carbocycles. The van der Waals surface area contributed by atoms with Crippen molar-refractivity contribution in [3.05, 3.63) is 42.7 Å². The second kappa shape index (κ2) is 4.84. The van der Waals surface area contributed by atoms with Gasteiger partial charge in [-0.3, -0.25) is 4.79 Å². The lowest BCUT2D eigenvalue weighted by Gasteiger charge is -2.23. The van der Waals surface area contributed by atoms with Crippen LogP contribution in [0.3, 0.4) is 0 Å². The van der Waals surface area contributed by atoms with Gasteiger partial charge in [0.15, 0.2) is 0 Å². The van der Waals surface area contributed by atoms with Crippen LogP contribution in [0.1, 0.15) is 13.8 Å². The molecule has 1 rings (SSSR count). The van der Waals surface area contributed by atoms with Crippen LogP contribution in [0, 0.1) is 5.41 Å². The summed E-state index contributed by atoms with van der Waals surface area (Å²) < 4.78 is 10.2. The van der Waals surface area contributed by atoms with Gasteiger partial charge in [-0.05, 0) is 26.0 Å². The van der Waals surface area contributed by atoms with Crippen LogP contribution in [0.25, 0.3) is 0 Å². The quantitative estimate of drug-likeness (QED) is 0.578. The first kappa shape index (κ1) is 12.3. The minimum absolute atomic E-state index is 0.366. The molecule has 86 valence electrons.